The van der Waals surface area contributed by atoms with Gasteiger partial charge in [0.1, 0.15) is 0 Å². The highest BCUT2D eigenvalue weighted by Crippen LogP contribution is 2.35. The van der Waals surface area contributed by atoms with Crippen LogP contribution in [0, 0.1) is 6.92 Å². The summed E-state index contributed by atoms with van der Waals surface area (Å²) in [5, 5.41) is 6.24. The van der Waals surface area contributed by atoms with Gasteiger partial charge in [0.15, 0.2) is 0 Å². The first kappa shape index (κ1) is 12.4. The Labute approximate surface area is 116 Å². The average molecular weight is 275 g/mol. The molecule has 4 nitrogen and oxygen atoms in total. The van der Waals surface area contributed by atoms with E-state index in [1.165, 1.54) is 4.88 Å². The van der Waals surface area contributed by atoms with Crippen LogP contribution in [-0.2, 0) is 7.05 Å². The summed E-state index contributed by atoms with van der Waals surface area (Å²) in [5.41, 5.74) is 1.66. The zero-order chi connectivity index (χ0) is 13.4. The van der Waals surface area contributed by atoms with Crippen molar-refractivity contribution in [2.75, 3.05) is 6.54 Å². The van der Waals surface area contributed by atoms with Gasteiger partial charge in [0.05, 0.1) is 17.8 Å². The average Bonchev–Trinajstić information content (AvgIpc) is 3.11. The number of hydrogen-bond donors (Lipinski definition) is 0. The number of thiophene rings is 1. The first-order valence-corrected chi connectivity index (χ1v) is 7.39. The molecule has 1 amide bonds. The molecule has 100 valence electrons. The molecule has 19 heavy (non-hydrogen) atoms. The van der Waals surface area contributed by atoms with Gasteiger partial charge in [-0.15, -0.1) is 11.3 Å². The van der Waals surface area contributed by atoms with Gasteiger partial charge in [-0.3, -0.25) is 9.48 Å². The number of amides is 1. The Morgan fingerprint density at radius 3 is 3.00 bits per heavy atom. The van der Waals surface area contributed by atoms with Crippen molar-refractivity contribution >= 4 is 17.2 Å². The Morgan fingerprint density at radius 2 is 2.37 bits per heavy atom. The van der Waals surface area contributed by atoms with Gasteiger partial charge in [0, 0.05) is 24.2 Å². The lowest BCUT2D eigenvalue weighted by molar-refractivity contribution is 0.0737. The second-order valence-corrected chi connectivity index (χ2v) is 5.92. The van der Waals surface area contributed by atoms with Crippen LogP contribution in [0.15, 0.2) is 23.7 Å². The summed E-state index contributed by atoms with van der Waals surface area (Å²) in [5.74, 6) is 0.113. The Bertz CT molecular complexity index is 588. The summed E-state index contributed by atoms with van der Waals surface area (Å²) < 4.78 is 1.75. The molecule has 2 aromatic heterocycles. The molecule has 3 rings (SSSR count). The van der Waals surface area contributed by atoms with Crippen LogP contribution in [0.1, 0.15) is 39.8 Å². The van der Waals surface area contributed by atoms with E-state index in [-0.39, 0.29) is 11.9 Å². The fourth-order valence-corrected chi connectivity index (χ4v) is 3.52. The molecule has 5 heteroatoms. The minimum Gasteiger partial charge on any atom is -0.331 e. The second kappa shape index (κ2) is 4.81. The maximum atomic E-state index is 12.7. The zero-order valence-electron chi connectivity index (χ0n) is 11.2. The van der Waals surface area contributed by atoms with Crippen LogP contribution in [0.25, 0.3) is 0 Å². The summed E-state index contributed by atoms with van der Waals surface area (Å²) in [6, 6.07) is 4.42. The number of aromatic nitrogens is 2. The van der Waals surface area contributed by atoms with Crippen LogP contribution in [0.4, 0.5) is 0 Å². The fourth-order valence-electron chi connectivity index (χ4n) is 2.65. The molecular formula is C14H17N3OS. The lowest BCUT2D eigenvalue weighted by Crippen LogP contribution is -2.30. The van der Waals surface area contributed by atoms with Crippen LogP contribution < -0.4 is 0 Å². The zero-order valence-corrected chi connectivity index (χ0v) is 12.0. The van der Waals surface area contributed by atoms with Crippen LogP contribution in [0.2, 0.25) is 0 Å². The van der Waals surface area contributed by atoms with Gasteiger partial charge in [-0.25, -0.2) is 0 Å². The van der Waals surface area contributed by atoms with E-state index in [9.17, 15) is 4.79 Å². The Hall–Kier alpha value is -1.62. The monoisotopic (exact) mass is 275 g/mol. The third-order valence-electron chi connectivity index (χ3n) is 3.85. The van der Waals surface area contributed by atoms with Crippen molar-refractivity contribution in [3.05, 3.63) is 39.8 Å². The maximum Gasteiger partial charge on any atom is 0.257 e. The number of aryl methyl sites for hydroxylation is 1. The largest absolute Gasteiger partial charge is 0.331 e. The predicted molar refractivity (Wildman–Crippen MR) is 75.3 cm³/mol. The molecule has 2 aromatic rings. The third kappa shape index (κ3) is 2.08. The van der Waals surface area contributed by atoms with Gasteiger partial charge in [-0.2, -0.15) is 5.10 Å². The molecular weight excluding hydrogens is 258 g/mol. The van der Waals surface area contributed by atoms with Gasteiger partial charge in [-0.05, 0) is 31.2 Å². The summed E-state index contributed by atoms with van der Waals surface area (Å²) >= 11 is 1.73. The highest BCUT2D eigenvalue weighted by molar-refractivity contribution is 7.10. The molecule has 0 saturated carbocycles. The topological polar surface area (TPSA) is 38.1 Å². The smallest absolute Gasteiger partial charge is 0.257 e. The fraction of sp³-hybridized carbons (Fsp3) is 0.429. The van der Waals surface area contributed by atoms with Crippen molar-refractivity contribution in [2.24, 2.45) is 7.05 Å². The predicted octanol–water partition coefficient (Wildman–Crippen LogP) is 2.77. The quantitative estimate of drug-likeness (QED) is 0.845. The van der Waals surface area contributed by atoms with Gasteiger partial charge in [-0.1, -0.05) is 6.07 Å². The molecule has 1 atom stereocenters. The minimum atomic E-state index is 0.113. The van der Waals surface area contributed by atoms with Crippen LogP contribution in [-0.4, -0.2) is 27.1 Å². The summed E-state index contributed by atoms with van der Waals surface area (Å²) in [6.45, 7) is 2.78. The van der Waals surface area contributed by atoms with Crippen LogP contribution in [0.5, 0.6) is 0 Å². The SMILES string of the molecule is Cc1c(C(=O)N2CCC[C@@H]2c2cccs2)cnn1C. The first-order valence-electron chi connectivity index (χ1n) is 6.51. The van der Waals surface area contributed by atoms with Crippen LogP contribution in [0.3, 0.4) is 0 Å². The third-order valence-corrected chi connectivity index (χ3v) is 4.82. The number of carbonyl (C=O) groups excluding carboxylic acids is 1. The summed E-state index contributed by atoms with van der Waals surface area (Å²) in [4.78, 5) is 15.9. The molecule has 1 aliphatic heterocycles. The minimum absolute atomic E-state index is 0.113. The van der Waals surface area contributed by atoms with Crippen molar-refractivity contribution in [1.82, 2.24) is 14.7 Å². The maximum absolute atomic E-state index is 12.7. The van der Waals surface area contributed by atoms with Crippen molar-refractivity contribution in [2.45, 2.75) is 25.8 Å². The van der Waals surface area contributed by atoms with Crippen LogP contribution >= 0.6 is 11.3 Å². The van der Waals surface area contributed by atoms with E-state index in [2.05, 4.69) is 22.6 Å². The van der Waals surface area contributed by atoms with E-state index in [1.807, 2.05) is 18.9 Å². The summed E-state index contributed by atoms with van der Waals surface area (Å²) in [7, 11) is 1.87. The molecule has 1 saturated heterocycles. The van der Waals surface area contributed by atoms with Gasteiger partial charge in [0.25, 0.3) is 5.91 Å². The van der Waals surface area contributed by atoms with E-state index in [4.69, 9.17) is 0 Å². The Balaban J connectivity index is 1.89. The number of carbonyl (C=O) groups is 1. The van der Waals surface area contributed by atoms with E-state index < -0.39 is 0 Å². The Kier molecular flexibility index (Phi) is 3.14. The second-order valence-electron chi connectivity index (χ2n) is 4.94. The lowest BCUT2D eigenvalue weighted by Gasteiger charge is -2.23. The molecule has 0 aliphatic carbocycles. The molecule has 0 spiro atoms. The van der Waals surface area contributed by atoms with Crippen molar-refractivity contribution in [1.29, 1.82) is 0 Å². The van der Waals surface area contributed by atoms with Crippen molar-refractivity contribution < 1.29 is 4.79 Å². The van der Waals surface area contributed by atoms with Gasteiger partial charge in [0.2, 0.25) is 0 Å². The van der Waals surface area contributed by atoms with E-state index >= 15 is 0 Å². The van der Waals surface area contributed by atoms with Crippen molar-refractivity contribution in [3.8, 4) is 0 Å². The standard InChI is InChI=1S/C14H17N3OS/c1-10-11(9-15-16(10)2)14(18)17-7-3-5-12(17)13-6-4-8-19-13/h4,6,8-9,12H,3,5,7H2,1-2H3/t12-/m1/s1. The first-order chi connectivity index (χ1) is 9.18. The van der Waals surface area contributed by atoms with Gasteiger partial charge >= 0.3 is 0 Å². The molecule has 1 aliphatic rings. The number of nitrogens with zero attached hydrogens (tertiary/aromatic N) is 3. The van der Waals surface area contributed by atoms with E-state index in [0.29, 0.717) is 0 Å². The molecule has 0 radical (unpaired) electrons. The van der Waals surface area contributed by atoms with E-state index in [0.717, 1.165) is 30.6 Å². The molecule has 0 N–H and O–H groups in total. The number of likely N-dealkylation sites (tertiary alicyclic amines) is 1. The highest BCUT2D eigenvalue weighted by atomic mass is 32.1. The molecule has 0 bridgehead atoms. The lowest BCUT2D eigenvalue weighted by atomic mass is 10.1. The molecule has 0 unspecified atom stereocenters. The van der Waals surface area contributed by atoms with E-state index in [1.54, 1.807) is 22.2 Å². The molecule has 0 aromatic carbocycles. The molecule has 3 heterocycles. The highest BCUT2D eigenvalue weighted by Gasteiger charge is 2.32. The summed E-state index contributed by atoms with van der Waals surface area (Å²) in [6.07, 6.45) is 3.82. The number of hydrogen-bond acceptors (Lipinski definition) is 3. The Morgan fingerprint density at radius 1 is 1.53 bits per heavy atom. The normalized spacial score (nSPS) is 19.1. The van der Waals surface area contributed by atoms with Crippen molar-refractivity contribution in [3.63, 3.8) is 0 Å². The number of rotatable bonds is 2. The molecule has 1 fully saturated rings. The van der Waals surface area contributed by atoms with Gasteiger partial charge < -0.3 is 4.90 Å².